The number of carbonyl (C=O) groups is 1. The predicted molar refractivity (Wildman–Crippen MR) is 135 cm³/mol. The Labute approximate surface area is 202 Å². The number of halogens is 1. The topological polar surface area (TPSA) is 60.2 Å². The lowest BCUT2D eigenvalue weighted by Gasteiger charge is -2.20. The summed E-state index contributed by atoms with van der Waals surface area (Å²) in [6.45, 7) is 10.9. The van der Waals surface area contributed by atoms with Gasteiger partial charge in [0.25, 0.3) is 5.91 Å². The van der Waals surface area contributed by atoms with Crippen LogP contribution in [0.4, 0.5) is 5.13 Å². The third-order valence-electron chi connectivity index (χ3n) is 5.23. The molecule has 0 unspecified atom stereocenters. The van der Waals surface area contributed by atoms with E-state index in [2.05, 4.69) is 5.10 Å². The quantitative estimate of drug-likeness (QED) is 0.314. The van der Waals surface area contributed by atoms with Gasteiger partial charge in [0.05, 0.1) is 28.6 Å². The van der Waals surface area contributed by atoms with E-state index in [1.807, 2.05) is 69.6 Å². The number of aryl methyl sites for hydroxylation is 3. The van der Waals surface area contributed by atoms with Crippen molar-refractivity contribution in [1.29, 1.82) is 0 Å². The minimum atomic E-state index is -0.115. The van der Waals surface area contributed by atoms with Gasteiger partial charge in [0.1, 0.15) is 5.75 Å². The molecule has 6 nitrogen and oxygen atoms in total. The number of aromatic nitrogens is 3. The number of hydrogen-bond acceptors (Lipinski definition) is 5. The Morgan fingerprint density at radius 3 is 2.52 bits per heavy atom. The number of anilines is 1. The molecule has 0 fully saturated rings. The van der Waals surface area contributed by atoms with Crippen molar-refractivity contribution in [3.8, 4) is 5.75 Å². The highest BCUT2D eigenvalue weighted by atomic mass is 35.5. The Balaban J connectivity index is 1.68. The Hall–Kier alpha value is -2.90. The molecule has 0 bridgehead atoms. The molecule has 0 aliphatic heterocycles. The summed E-state index contributed by atoms with van der Waals surface area (Å²) in [4.78, 5) is 20.2. The fraction of sp³-hybridized carbons (Fsp3) is 0.320. The van der Waals surface area contributed by atoms with E-state index < -0.39 is 0 Å². The molecule has 2 aromatic heterocycles. The number of benzene rings is 2. The van der Waals surface area contributed by atoms with Crippen LogP contribution in [-0.2, 0) is 6.54 Å². The first-order valence-electron chi connectivity index (χ1n) is 10.9. The predicted octanol–water partition coefficient (Wildman–Crippen LogP) is 6.21. The zero-order valence-corrected chi connectivity index (χ0v) is 21.0. The Morgan fingerprint density at radius 1 is 1.15 bits per heavy atom. The van der Waals surface area contributed by atoms with Gasteiger partial charge >= 0.3 is 0 Å². The van der Waals surface area contributed by atoms with Gasteiger partial charge in [-0.15, -0.1) is 0 Å². The van der Waals surface area contributed by atoms with Crippen LogP contribution >= 0.6 is 22.9 Å². The number of rotatable bonds is 7. The highest BCUT2D eigenvalue weighted by Gasteiger charge is 2.22. The van der Waals surface area contributed by atoms with Crippen molar-refractivity contribution in [1.82, 2.24) is 14.8 Å². The standard InChI is InChI=1S/C25H27ClN4O2S/c1-15(2)32-21-8-6-19(7-9-21)24(31)29(10-11-30-18(5)13-17(4)28-30)25-27-23-16(3)12-20(26)14-22(23)33-25/h6-9,12-15H,10-11H2,1-5H3. The van der Waals surface area contributed by atoms with E-state index in [1.165, 1.54) is 11.3 Å². The molecule has 0 spiro atoms. The second kappa shape index (κ2) is 9.53. The first kappa shape index (κ1) is 23.3. The molecule has 0 aliphatic carbocycles. The molecule has 0 atom stereocenters. The number of fused-ring (bicyclic) bond motifs is 1. The molecule has 0 radical (unpaired) electrons. The summed E-state index contributed by atoms with van der Waals surface area (Å²) in [5.41, 5.74) is 4.44. The van der Waals surface area contributed by atoms with Gasteiger partial charge < -0.3 is 4.74 Å². The van der Waals surface area contributed by atoms with Crippen LogP contribution in [0.25, 0.3) is 10.2 Å². The molecular weight excluding hydrogens is 456 g/mol. The van der Waals surface area contributed by atoms with Crippen LogP contribution in [0.15, 0.2) is 42.5 Å². The van der Waals surface area contributed by atoms with Crippen molar-refractivity contribution in [3.63, 3.8) is 0 Å². The van der Waals surface area contributed by atoms with Gasteiger partial charge in [0, 0.05) is 22.8 Å². The van der Waals surface area contributed by atoms with Crippen LogP contribution in [0.2, 0.25) is 5.02 Å². The zero-order chi connectivity index (χ0) is 23.7. The van der Waals surface area contributed by atoms with Crippen molar-refractivity contribution in [2.75, 3.05) is 11.4 Å². The van der Waals surface area contributed by atoms with Crippen molar-refractivity contribution in [2.24, 2.45) is 0 Å². The fourth-order valence-corrected chi connectivity index (χ4v) is 5.19. The smallest absolute Gasteiger partial charge is 0.260 e. The SMILES string of the molecule is Cc1cc(C)n(CCN(C(=O)c2ccc(OC(C)C)cc2)c2nc3c(C)cc(Cl)cc3s2)n1. The Bertz CT molecular complexity index is 1290. The third kappa shape index (κ3) is 5.20. The monoisotopic (exact) mass is 482 g/mol. The Morgan fingerprint density at radius 2 is 1.88 bits per heavy atom. The van der Waals surface area contributed by atoms with Gasteiger partial charge in [-0.3, -0.25) is 14.4 Å². The van der Waals surface area contributed by atoms with Crippen LogP contribution in [-0.4, -0.2) is 33.3 Å². The summed E-state index contributed by atoms with van der Waals surface area (Å²) in [5, 5.41) is 5.85. The van der Waals surface area contributed by atoms with Gasteiger partial charge in [-0.05, 0) is 82.6 Å². The molecule has 0 N–H and O–H groups in total. The summed E-state index contributed by atoms with van der Waals surface area (Å²) in [5.74, 6) is 0.622. The molecule has 4 rings (SSSR count). The van der Waals surface area contributed by atoms with E-state index in [-0.39, 0.29) is 12.0 Å². The summed E-state index contributed by atoms with van der Waals surface area (Å²) in [6.07, 6.45) is 0.0710. The Kier molecular flexibility index (Phi) is 6.72. The highest BCUT2D eigenvalue weighted by Crippen LogP contribution is 2.33. The largest absolute Gasteiger partial charge is 0.491 e. The maximum atomic E-state index is 13.6. The van der Waals surface area contributed by atoms with Crippen molar-refractivity contribution >= 4 is 44.2 Å². The van der Waals surface area contributed by atoms with Crippen LogP contribution < -0.4 is 9.64 Å². The van der Waals surface area contributed by atoms with E-state index >= 15 is 0 Å². The molecule has 0 aliphatic rings. The van der Waals surface area contributed by atoms with Crippen LogP contribution in [0.1, 0.15) is 41.2 Å². The van der Waals surface area contributed by atoms with Crippen molar-refractivity contribution in [2.45, 2.75) is 47.3 Å². The molecule has 2 aromatic carbocycles. The van der Waals surface area contributed by atoms with E-state index in [0.29, 0.717) is 28.8 Å². The fourth-order valence-electron chi connectivity index (χ4n) is 3.74. The lowest BCUT2D eigenvalue weighted by atomic mass is 10.2. The van der Waals surface area contributed by atoms with E-state index in [4.69, 9.17) is 21.3 Å². The summed E-state index contributed by atoms with van der Waals surface area (Å²) < 4.78 is 8.60. The lowest BCUT2D eigenvalue weighted by molar-refractivity contribution is 0.0985. The maximum absolute atomic E-state index is 13.6. The van der Waals surface area contributed by atoms with Gasteiger partial charge in [0.15, 0.2) is 5.13 Å². The first-order valence-corrected chi connectivity index (χ1v) is 12.1. The van der Waals surface area contributed by atoms with Crippen LogP contribution in [0.5, 0.6) is 5.75 Å². The minimum Gasteiger partial charge on any atom is -0.491 e. The van der Waals surface area contributed by atoms with E-state index in [1.54, 1.807) is 17.0 Å². The van der Waals surface area contributed by atoms with Gasteiger partial charge in [-0.1, -0.05) is 22.9 Å². The molecule has 33 heavy (non-hydrogen) atoms. The third-order valence-corrected chi connectivity index (χ3v) is 6.47. The van der Waals surface area contributed by atoms with Crippen LogP contribution in [0, 0.1) is 20.8 Å². The van der Waals surface area contributed by atoms with E-state index in [9.17, 15) is 4.79 Å². The molecule has 172 valence electrons. The maximum Gasteiger partial charge on any atom is 0.260 e. The number of amides is 1. The molecule has 4 aromatic rings. The summed E-state index contributed by atoms with van der Waals surface area (Å²) >= 11 is 7.73. The second-order valence-electron chi connectivity index (χ2n) is 8.36. The van der Waals surface area contributed by atoms with Gasteiger partial charge in [0.2, 0.25) is 0 Å². The summed E-state index contributed by atoms with van der Waals surface area (Å²) in [6, 6.07) is 13.1. The summed E-state index contributed by atoms with van der Waals surface area (Å²) in [7, 11) is 0. The van der Waals surface area contributed by atoms with E-state index in [0.717, 1.165) is 32.9 Å². The molecule has 8 heteroatoms. The van der Waals surface area contributed by atoms with Gasteiger partial charge in [-0.2, -0.15) is 5.10 Å². The lowest BCUT2D eigenvalue weighted by Crippen LogP contribution is -2.34. The molecule has 0 saturated carbocycles. The van der Waals surface area contributed by atoms with Crippen LogP contribution in [0.3, 0.4) is 0 Å². The molecular formula is C25H27ClN4O2S. The number of thiazole rings is 1. The average Bonchev–Trinajstić information content (AvgIpc) is 3.30. The van der Waals surface area contributed by atoms with Crippen molar-refractivity contribution < 1.29 is 9.53 Å². The van der Waals surface area contributed by atoms with Crippen molar-refractivity contribution in [3.05, 3.63) is 70.0 Å². The zero-order valence-electron chi connectivity index (χ0n) is 19.4. The average molecular weight is 483 g/mol. The number of ether oxygens (including phenoxy) is 1. The molecule has 0 saturated heterocycles. The number of carbonyl (C=O) groups excluding carboxylic acids is 1. The van der Waals surface area contributed by atoms with Gasteiger partial charge in [-0.25, -0.2) is 4.98 Å². The minimum absolute atomic E-state index is 0.0710. The molecule has 2 heterocycles. The number of nitrogens with zero attached hydrogens (tertiary/aromatic N) is 4. The highest BCUT2D eigenvalue weighted by molar-refractivity contribution is 7.22. The molecule has 1 amide bonds. The number of hydrogen-bond donors (Lipinski definition) is 0. The normalized spacial score (nSPS) is 11.4. The first-order chi connectivity index (χ1) is 15.7. The second-order valence-corrected chi connectivity index (χ2v) is 9.81.